The van der Waals surface area contributed by atoms with Gasteiger partial charge in [0.05, 0.1) is 6.42 Å². The number of halogens is 6. The highest BCUT2D eigenvalue weighted by Gasteiger charge is 2.36. The summed E-state index contributed by atoms with van der Waals surface area (Å²) in [6, 6.07) is 0. The van der Waals surface area contributed by atoms with Crippen molar-refractivity contribution in [2.75, 3.05) is 0 Å². The number of hydrogen-bond acceptors (Lipinski definition) is 0. The molecule has 0 fully saturated rings. The van der Waals surface area contributed by atoms with E-state index in [1.54, 1.807) is 0 Å². The van der Waals surface area contributed by atoms with Crippen molar-refractivity contribution in [3.8, 4) is 0 Å². The minimum absolute atomic E-state index is 1.32. The largest absolute Gasteiger partial charge is 0.392 e. The molecular weight excluding hydrogens is 210 g/mol. The first-order chi connectivity index (χ1) is 6.24. The van der Waals surface area contributed by atoms with Gasteiger partial charge in [0.25, 0.3) is 6.43 Å². The minimum atomic E-state index is -4.85. The zero-order valence-corrected chi connectivity index (χ0v) is 8.04. The maximum Gasteiger partial charge on any atom is 0.392 e. The van der Waals surface area contributed by atoms with Crippen LogP contribution in [0.25, 0.3) is 0 Å². The smallest absolute Gasteiger partial charge is 0.241 e. The van der Waals surface area contributed by atoms with Gasteiger partial charge in [-0.3, -0.25) is 0 Å². The Morgan fingerprint density at radius 3 is 1.36 bits per heavy atom. The normalized spacial score (nSPS) is 13.5. The molecule has 0 aromatic heterocycles. The van der Waals surface area contributed by atoms with Crippen molar-refractivity contribution in [2.24, 2.45) is 0 Å². The lowest BCUT2D eigenvalue weighted by atomic mass is 10.3. The fourth-order valence-electron chi connectivity index (χ4n) is 0.310. The fraction of sp³-hybridized carbons (Fsp3) is 1.00. The van der Waals surface area contributed by atoms with E-state index in [-0.39, 0.29) is 0 Å². The Morgan fingerprint density at radius 1 is 0.929 bits per heavy atom. The Labute approximate surface area is 79.3 Å². The number of unbranched alkanes of at least 4 members (excludes halogenated alkanes) is 1. The summed E-state index contributed by atoms with van der Waals surface area (Å²) in [5.41, 5.74) is 0. The quantitative estimate of drug-likeness (QED) is 0.625. The summed E-state index contributed by atoms with van der Waals surface area (Å²) in [5.74, 6) is 0. The molecule has 0 heterocycles. The van der Waals surface area contributed by atoms with E-state index in [1.807, 2.05) is 0 Å². The van der Waals surface area contributed by atoms with Gasteiger partial charge in [-0.15, -0.1) is 0 Å². The first kappa shape index (κ1) is 16.0. The van der Waals surface area contributed by atoms with Gasteiger partial charge in [0.15, 0.2) is 6.17 Å². The molecule has 0 amide bonds. The molecule has 0 N–H and O–H groups in total. The third-order valence-corrected chi connectivity index (χ3v) is 1.20. The number of rotatable bonds is 3. The van der Waals surface area contributed by atoms with Gasteiger partial charge in [-0.05, 0) is 0 Å². The molecule has 0 aliphatic heterocycles. The van der Waals surface area contributed by atoms with Gasteiger partial charge in [-0.1, -0.05) is 26.7 Å². The van der Waals surface area contributed by atoms with Crippen LogP contribution in [-0.2, 0) is 0 Å². The summed E-state index contributed by atoms with van der Waals surface area (Å²) in [6.07, 6.45) is -10.9. The Balaban J connectivity index is 0. The SMILES string of the molecule is CCCC.FC(F)C(F)CC(F)(F)F. The molecule has 0 aromatic rings. The Kier molecular flexibility index (Phi) is 9.08. The van der Waals surface area contributed by atoms with E-state index < -0.39 is 25.2 Å². The molecule has 0 rings (SSSR count). The van der Waals surface area contributed by atoms with Crippen molar-refractivity contribution in [3.05, 3.63) is 0 Å². The van der Waals surface area contributed by atoms with Gasteiger partial charge in [-0.2, -0.15) is 13.2 Å². The average Bonchev–Trinajstić information content (AvgIpc) is 2.02. The molecule has 0 nitrogen and oxygen atoms in total. The molecule has 0 aliphatic carbocycles. The lowest BCUT2D eigenvalue weighted by molar-refractivity contribution is -0.157. The first-order valence-electron chi connectivity index (χ1n) is 4.23. The summed E-state index contributed by atoms with van der Waals surface area (Å²) in [5, 5.41) is 0. The van der Waals surface area contributed by atoms with Crippen molar-refractivity contribution < 1.29 is 26.3 Å². The molecule has 6 heteroatoms. The predicted octanol–water partition coefficient (Wildman–Crippen LogP) is 4.35. The van der Waals surface area contributed by atoms with E-state index >= 15 is 0 Å². The Morgan fingerprint density at radius 2 is 1.29 bits per heavy atom. The Bertz CT molecular complexity index is 117. The highest BCUT2D eigenvalue weighted by atomic mass is 19.4. The second-order valence-electron chi connectivity index (χ2n) is 2.67. The zero-order valence-electron chi connectivity index (χ0n) is 8.04. The van der Waals surface area contributed by atoms with Crippen LogP contribution < -0.4 is 0 Å². The average molecular weight is 224 g/mol. The van der Waals surface area contributed by atoms with E-state index in [9.17, 15) is 26.3 Å². The molecule has 0 spiro atoms. The van der Waals surface area contributed by atoms with Crippen LogP contribution in [0.4, 0.5) is 26.3 Å². The molecule has 0 saturated carbocycles. The lowest BCUT2D eigenvalue weighted by Gasteiger charge is -2.08. The van der Waals surface area contributed by atoms with Crippen LogP contribution in [0.15, 0.2) is 0 Å². The molecule has 0 aromatic carbocycles. The third kappa shape index (κ3) is 14.1. The molecule has 88 valence electrons. The van der Waals surface area contributed by atoms with Crippen LogP contribution in [-0.4, -0.2) is 18.8 Å². The molecule has 1 atom stereocenters. The summed E-state index contributed by atoms with van der Waals surface area (Å²) in [6.45, 7) is 4.36. The standard InChI is InChI=1S/C4H4F6.C4H10/c5-2(3(6)7)1-4(8,9)10;1-3-4-2/h2-3H,1H2;3-4H2,1-2H3. The maximum absolute atomic E-state index is 11.6. The topological polar surface area (TPSA) is 0 Å². The highest BCUT2D eigenvalue weighted by Crippen LogP contribution is 2.25. The van der Waals surface area contributed by atoms with E-state index in [0.717, 1.165) is 0 Å². The van der Waals surface area contributed by atoms with E-state index in [4.69, 9.17) is 0 Å². The van der Waals surface area contributed by atoms with Gasteiger partial charge in [0.1, 0.15) is 0 Å². The predicted molar refractivity (Wildman–Crippen MR) is 42.2 cm³/mol. The monoisotopic (exact) mass is 224 g/mol. The first-order valence-corrected chi connectivity index (χ1v) is 4.23. The molecule has 14 heavy (non-hydrogen) atoms. The second-order valence-corrected chi connectivity index (χ2v) is 2.67. The van der Waals surface area contributed by atoms with E-state index in [1.165, 1.54) is 12.8 Å². The maximum atomic E-state index is 11.6. The molecule has 0 saturated heterocycles. The third-order valence-electron chi connectivity index (χ3n) is 1.20. The van der Waals surface area contributed by atoms with Crippen molar-refractivity contribution >= 4 is 0 Å². The summed E-state index contributed by atoms with van der Waals surface area (Å²) in [4.78, 5) is 0. The zero-order chi connectivity index (χ0) is 11.8. The molecule has 1 unspecified atom stereocenters. The Hall–Kier alpha value is -0.420. The van der Waals surface area contributed by atoms with Crippen molar-refractivity contribution in [3.63, 3.8) is 0 Å². The molecular formula is C8H14F6. The summed E-state index contributed by atoms with van der Waals surface area (Å²) >= 11 is 0. The minimum Gasteiger partial charge on any atom is -0.241 e. The summed E-state index contributed by atoms with van der Waals surface area (Å²) in [7, 11) is 0. The van der Waals surface area contributed by atoms with Gasteiger partial charge in [0.2, 0.25) is 0 Å². The molecule has 0 aliphatic rings. The van der Waals surface area contributed by atoms with Gasteiger partial charge < -0.3 is 0 Å². The second kappa shape index (κ2) is 7.94. The van der Waals surface area contributed by atoms with Crippen LogP contribution in [0.5, 0.6) is 0 Å². The number of alkyl halides is 6. The summed E-state index contributed by atoms with van der Waals surface area (Å²) < 4.78 is 67.0. The van der Waals surface area contributed by atoms with Crippen LogP contribution in [0.2, 0.25) is 0 Å². The van der Waals surface area contributed by atoms with Crippen LogP contribution in [0, 0.1) is 0 Å². The molecule has 0 radical (unpaired) electrons. The van der Waals surface area contributed by atoms with Crippen molar-refractivity contribution in [2.45, 2.75) is 51.9 Å². The van der Waals surface area contributed by atoms with Crippen LogP contribution in [0.3, 0.4) is 0 Å². The van der Waals surface area contributed by atoms with Gasteiger partial charge in [0, 0.05) is 0 Å². The van der Waals surface area contributed by atoms with Gasteiger partial charge >= 0.3 is 6.18 Å². The highest BCUT2D eigenvalue weighted by molar-refractivity contribution is 4.63. The lowest BCUT2D eigenvalue weighted by Crippen LogP contribution is -2.21. The number of hydrogen-bond donors (Lipinski definition) is 0. The fourth-order valence-corrected chi connectivity index (χ4v) is 0.310. The van der Waals surface area contributed by atoms with Crippen LogP contribution >= 0.6 is 0 Å². The van der Waals surface area contributed by atoms with E-state index in [0.29, 0.717) is 0 Å². The molecule has 0 bridgehead atoms. The van der Waals surface area contributed by atoms with Crippen molar-refractivity contribution in [1.82, 2.24) is 0 Å². The van der Waals surface area contributed by atoms with Gasteiger partial charge in [-0.25, -0.2) is 13.2 Å². The van der Waals surface area contributed by atoms with E-state index in [2.05, 4.69) is 13.8 Å². The van der Waals surface area contributed by atoms with Crippen LogP contribution in [0.1, 0.15) is 33.1 Å². The van der Waals surface area contributed by atoms with Crippen molar-refractivity contribution in [1.29, 1.82) is 0 Å².